The molecule has 21 heavy (non-hydrogen) atoms. The van der Waals surface area contributed by atoms with E-state index in [0.29, 0.717) is 33.5 Å². The number of aryl methyl sites for hydroxylation is 1. The largest absolute Gasteiger partial charge is 0.493 e. The Hall–Kier alpha value is -1.79. The van der Waals surface area contributed by atoms with Gasteiger partial charge in [0.05, 0.1) is 18.7 Å². The summed E-state index contributed by atoms with van der Waals surface area (Å²) in [6.45, 7) is 2.31. The number of aromatic nitrogens is 1. The Morgan fingerprint density at radius 3 is 2.81 bits per heavy atom. The van der Waals surface area contributed by atoms with Crippen molar-refractivity contribution in [1.29, 1.82) is 0 Å². The third kappa shape index (κ3) is 3.46. The molecule has 1 amide bonds. The fraction of sp³-hybridized carbons (Fsp3) is 0.286. The second-order valence-electron chi connectivity index (χ2n) is 4.14. The predicted molar refractivity (Wildman–Crippen MR) is 82.4 cm³/mol. The van der Waals surface area contributed by atoms with Crippen LogP contribution in [0.1, 0.15) is 17.3 Å². The van der Waals surface area contributed by atoms with Gasteiger partial charge in [0.1, 0.15) is 0 Å². The van der Waals surface area contributed by atoms with Crippen molar-refractivity contribution in [3.05, 3.63) is 39.1 Å². The molecule has 112 valence electrons. The van der Waals surface area contributed by atoms with E-state index < -0.39 is 0 Å². The Bertz CT molecular complexity index is 721. The number of carbonyl (C=O) groups is 1. The molecule has 2 aromatic rings. The minimum absolute atomic E-state index is 0.324. The summed E-state index contributed by atoms with van der Waals surface area (Å²) in [5, 5.41) is 2.18. The number of ether oxygens (including phenoxy) is 2. The molecule has 0 aliphatic rings. The summed E-state index contributed by atoms with van der Waals surface area (Å²) >= 11 is 7.53. The van der Waals surface area contributed by atoms with Crippen LogP contribution in [0, 0.1) is 0 Å². The van der Waals surface area contributed by atoms with E-state index in [0.717, 1.165) is 0 Å². The number of thiazole rings is 1. The first kappa shape index (κ1) is 15.6. The Morgan fingerprint density at radius 2 is 2.24 bits per heavy atom. The number of rotatable bonds is 4. The molecule has 0 radical (unpaired) electrons. The SMILES string of the molecule is CCOc1c(Cl)cc(C(=O)N=c2sccn2C)cc1OC. The highest BCUT2D eigenvalue weighted by Gasteiger charge is 2.15. The van der Waals surface area contributed by atoms with Crippen molar-refractivity contribution >= 4 is 28.8 Å². The summed E-state index contributed by atoms with van der Waals surface area (Å²) in [7, 11) is 3.33. The van der Waals surface area contributed by atoms with Crippen LogP contribution >= 0.6 is 22.9 Å². The molecule has 0 aliphatic heterocycles. The van der Waals surface area contributed by atoms with Crippen molar-refractivity contribution < 1.29 is 14.3 Å². The summed E-state index contributed by atoms with van der Waals surface area (Å²) in [5.74, 6) is 0.467. The highest BCUT2D eigenvalue weighted by atomic mass is 35.5. The van der Waals surface area contributed by atoms with Gasteiger partial charge in [0.25, 0.3) is 5.91 Å². The maximum atomic E-state index is 12.2. The van der Waals surface area contributed by atoms with Crippen molar-refractivity contribution in [2.24, 2.45) is 12.0 Å². The molecule has 0 spiro atoms. The molecule has 0 saturated carbocycles. The average Bonchev–Trinajstić information content (AvgIpc) is 2.86. The van der Waals surface area contributed by atoms with E-state index in [9.17, 15) is 4.79 Å². The lowest BCUT2D eigenvalue weighted by Gasteiger charge is -2.11. The minimum atomic E-state index is -0.378. The Labute approximate surface area is 131 Å². The summed E-state index contributed by atoms with van der Waals surface area (Å²) < 4.78 is 12.4. The van der Waals surface area contributed by atoms with Crippen molar-refractivity contribution in [3.8, 4) is 11.5 Å². The quantitative estimate of drug-likeness (QED) is 0.868. The van der Waals surface area contributed by atoms with E-state index in [4.69, 9.17) is 21.1 Å². The van der Waals surface area contributed by atoms with Crippen LogP contribution in [0.2, 0.25) is 5.02 Å². The Balaban J connectivity index is 2.43. The lowest BCUT2D eigenvalue weighted by Crippen LogP contribution is -2.12. The van der Waals surface area contributed by atoms with Gasteiger partial charge in [-0.15, -0.1) is 11.3 Å². The predicted octanol–water partition coefficient (Wildman–Crippen LogP) is 2.89. The lowest BCUT2D eigenvalue weighted by molar-refractivity contribution is 0.0997. The van der Waals surface area contributed by atoms with Gasteiger partial charge >= 0.3 is 0 Å². The Kier molecular flexibility index (Phi) is 5.03. The topological polar surface area (TPSA) is 52.8 Å². The highest BCUT2D eigenvalue weighted by molar-refractivity contribution is 7.07. The van der Waals surface area contributed by atoms with Gasteiger partial charge < -0.3 is 14.0 Å². The first-order chi connectivity index (χ1) is 10.1. The molecule has 5 nitrogen and oxygen atoms in total. The van der Waals surface area contributed by atoms with Crippen LogP contribution in [-0.2, 0) is 7.05 Å². The maximum absolute atomic E-state index is 12.2. The number of halogens is 1. The van der Waals surface area contributed by atoms with Gasteiger partial charge in [0.2, 0.25) is 0 Å². The normalized spacial score (nSPS) is 11.5. The molecule has 0 fully saturated rings. The molecule has 1 heterocycles. The number of nitrogens with zero attached hydrogens (tertiary/aromatic N) is 2. The van der Waals surface area contributed by atoms with Gasteiger partial charge in [-0.1, -0.05) is 11.6 Å². The standard InChI is InChI=1S/C14H15ClN2O3S/c1-4-20-12-10(15)7-9(8-11(12)19-3)13(18)16-14-17(2)5-6-21-14/h5-8H,4H2,1-3H3. The molecule has 1 aromatic heterocycles. The molecule has 0 N–H and O–H groups in total. The first-order valence-electron chi connectivity index (χ1n) is 6.26. The zero-order valence-corrected chi connectivity index (χ0v) is 13.5. The highest BCUT2D eigenvalue weighted by Crippen LogP contribution is 2.36. The second kappa shape index (κ2) is 6.78. The van der Waals surface area contributed by atoms with E-state index in [1.165, 1.54) is 24.5 Å². The summed E-state index contributed by atoms with van der Waals surface area (Å²) in [6.07, 6.45) is 1.84. The van der Waals surface area contributed by atoms with Crippen LogP contribution in [0.25, 0.3) is 0 Å². The minimum Gasteiger partial charge on any atom is -0.493 e. The van der Waals surface area contributed by atoms with Crippen LogP contribution in [0.3, 0.4) is 0 Å². The number of hydrogen-bond acceptors (Lipinski definition) is 4. The smallest absolute Gasteiger partial charge is 0.279 e. The van der Waals surface area contributed by atoms with Crippen molar-refractivity contribution in [1.82, 2.24) is 4.57 Å². The van der Waals surface area contributed by atoms with Gasteiger partial charge in [-0.3, -0.25) is 4.79 Å². The lowest BCUT2D eigenvalue weighted by atomic mass is 10.2. The zero-order valence-electron chi connectivity index (χ0n) is 11.9. The van der Waals surface area contributed by atoms with E-state index in [-0.39, 0.29) is 5.91 Å². The number of carbonyl (C=O) groups excluding carboxylic acids is 1. The van der Waals surface area contributed by atoms with Crippen LogP contribution in [0.15, 0.2) is 28.7 Å². The molecule has 0 aliphatic carbocycles. The molecular weight excluding hydrogens is 312 g/mol. The summed E-state index contributed by atoms with van der Waals surface area (Å²) in [4.78, 5) is 16.9. The molecule has 1 aromatic carbocycles. The fourth-order valence-electron chi connectivity index (χ4n) is 1.71. The van der Waals surface area contributed by atoms with Gasteiger partial charge in [-0.05, 0) is 19.1 Å². The number of benzene rings is 1. The summed E-state index contributed by atoms with van der Waals surface area (Å²) in [6, 6.07) is 3.12. The van der Waals surface area contributed by atoms with Crippen molar-refractivity contribution in [2.75, 3.05) is 13.7 Å². The second-order valence-corrected chi connectivity index (χ2v) is 5.42. The van der Waals surface area contributed by atoms with Crippen molar-refractivity contribution in [3.63, 3.8) is 0 Å². The van der Waals surface area contributed by atoms with Crippen LogP contribution < -0.4 is 14.3 Å². The molecular formula is C14H15ClN2O3S. The van der Waals surface area contributed by atoms with Gasteiger partial charge in [-0.25, -0.2) is 0 Å². The van der Waals surface area contributed by atoms with Crippen LogP contribution in [-0.4, -0.2) is 24.2 Å². The average molecular weight is 327 g/mol. The maximum Gasteiger partial charge on any atom is 0.279 e. The third-order valence-corrected chi connectivity index (χ3v) is 3.85. The molecule has 0 bridgehead atoms. The number of hydrogen-bond donors (Lipinski definition) is 0. The molecule has 7 heteroatoms. The first-order valence-corrected chi connectivity index (χ1v) is 7.52. The molecule has 0 unspecified atom stereocenters. The van der Waals surface area contributed by atoms with Gasteiger partial charge in [0.15, 0.2) is 16.3 Å². The fourth-order valence-corrected chi connectivity index (χ4v) is 2.71. The third-order valence-electron chi connectivity index (χ3n) is 2.72. The van der Waals surface area contributed by atoms with E-state index in [1.807, 2.05) is 25.5 Å². The monoisotopic (exact) mass is 326 g/mol. The van der Waals surface area contributed by atoms with E-state index in [1.54, 1.807) is 10.6 Å². The molecule has 0 atom stereocenters. The molecule has 0 saturated heterocycles. The number of methoxy groups -OCH3 is 1. The van der Waals surface area contributed by atoms with Gasteiger partial charge in [0, 0.05) is 24.2 Å². The van der Waals surface area contributed by atoms with E-state index >= 15 is 0 Å². The van der Waals surface area contributed by atoms with E-state index in [2.05, 4.69) is 4.99 Å². The van der Waals surface area contributed by atoms with Gasteiger partial charge in [-0.2, -0.15) is 4.99 Å². The van der Waals surface area contributed by atoms with Crippen molar-refractivity contribution in [2.45, 2.75) is 6.92 Å². The Morgan fingerprint density at radius 1 is 1.48 bits per heavy atom. The number of amides is 1. The van der Waals surface area contributed by atoms with Crippen LogP contribution in [0.4, 0.5) is 0 Å². The molecule has 2 rings (SSSR count). The summed E-state index contributed by atoms with van der Waals surface area (Å²) in [5.41, 5.74) is 0.355. The zero-order chi connectivity index (χ0) is 15.4. The van der Waals surface area contributed by atoms with Crippen LogP contribution in [0.5, 0.6) is 11.5 Å².